The molecule has 0 bridgehead atoms. The molecule has 1 atom stereocenters. The van der Waals surface area contributed by atoms with Crippen LogP contribution in [0.25, 0.3) is 0 Å². The molecule has 25 heavy (non-hydrogen) atoms. The third-order valence-corrected chi connectivity index (χ3v) is 4.78. The van der Waals surface area contributed by atoms with Crippen LogP contribution in [0.4, 0.5) is 0 Å². The number of methoxy groups -OCH3 is 2. The van der Waals surface area contributed by atoms with E-state index in [0.29, 0.717) is 0 Å². The fraction of sp³-hybridized carbons (Fsp3) is 0.450. The van der Waals surface area contributed by atoms with Crippen LogP contribution < -0.4 is 14.8 Å². The topological polar surface area (TPSA) is 46.6 Å². The molecule has 2 heterocycles. The van der Waals surface area contributed by atoms with Gasteiger partial charge in [0.1, 0.15) is 0 Å². The van der Waals surface area contributed by atoms with Gasteiger partial charge in [0.15, 0.2) is 11.5 Å². The molecule has 1 saturated heterocycles. The number of benzene rings is 1. The molecule has 1 aromatic carbocycles. The fourth-order valence-electron chi connectivity index (χ4n) is 3.55. The van der Waals surface area contributed by atoms with Crippen molar-refractivity contribution in [1.82, 2.24) is 15.2 Å². The summed E-state index contributed by atoms with van der Waals surface area (Å²) in [6, 6.07) is 10.2. The molecule has 1 N–H and O–H groups in total. The Hall–Kier alpha value is -2.11. The predicted molar refractivity (Wildman–Crippen MR) is 99.4 cm³/mol. The monoisotopic (exact) mass is 341 g/mol. The molecule has 0 saturated carbocycles. The van der Waals surface area contributed by atoms with E-state index < -0.39 is 0 Å². The van der Waals surface area contributed by atoms with Crippen molar-refractivity contribution in [3.05, 3.63) is 53.3 Å². The molecule has 0 aliphatic carbocycles. The van der Waals surface area contributed by atoms with Crippen molar-refractivity contribution < 1.29 is 9.47 Å². The van der Waals surface area contributed by atoms with Gasteiger partial charge in [0.2, 0.25) is 0 Å². The first-order chi connectivity index (χ1) is 12.3. The molecule has 0 spiro atoms. The zero-order valence-electron chi connectivity index (χ0n) is 15.3. The summed E-state index contributed by atoms with van der Waals surface area (Å²) in [4.78, 5) is 7.23. The molecule has 3 rings (SSSR count). The third kappa shape index (κ3) is 3.78. The van der Waals surface area contributed by atoms with E-state index in [1.54, 1.807) is 14.2 Å². The second-order valence-electron chi connectivity index (χ2n) is 6.33. The summed E-state index contributed by atoms with van der Waals surface area (Å²) in [5, 5.41) is 3.48. The third-order valence-electron chi connectivity index (χ3n) is 4.78. The number of aromatic nitrogens is 1. The smallest absolute Gasteiger partial charge is 0.165 e. The standard InChI is InChI=1S/C20H27N3O2/c1-15-7-5-11-22-18(15)19(23-13-6-10-21-12-14-23)16-8-4-9-17(24-2)20(16)25-3/h4-5,7-9,11,19,21H,6,10,12-14H2,1-3H3. The number of ether oxygens (including phenoxy) is 2. The molecular weight excluding hydrogens is 314 g/mol. The number of nitrogens with one attached hydrogen (secondary N) is 1. The number of nitrogens with zero attached hydrogens (tertiary/aromatic N) is 2. The van der Waals surface area contributed by atoms with Crippen LogP contribution >= 0.6 is 0 Å². The molecule has 1 fully saturated rings. The van der Waals surface area contributed by atoms with Crippen molar-refractivity contribution >= 4 is 0 Å². The van der Waals surface area contributed by atoms with E-state index >= 15 is 0 Å². The van der Waals surface area contributed by atoms with Crippen LogP contribution in [0.2, 0.25) is 0 Å². The van der Waals surface area contributed by atoms with Crippen LogP contribution in [0.15, 0.2) is 36.5 Å². The lowest BCUT2D eigenvalue weighted by Gasteiger charge is -2.32. The van der Waals surface area contributed by atoms with Gasteiger partial charge in [-0.05, 0) is 37.6 Å². The first kappa shape index (κ1) is 17.7. The Labute approximate surface area is 150 Å². The molecule has 134 valence electrons. The molecule has 5 heteroatoms. The molecule has 5 nitrogen and oxygen atoms in total. The highest BCUT2D eigenvalue weighted by atomic mass is 16.5. The summed E-state index contributed by atoms with van der Waals surface area (Å²) >= 11 is 0. The maximum absolute atomic E-state index is 5.74. The van der Waals surface area contributed by atoms with Gasteiger partial charge < -0.3 is 14.8 Å². The van der Waals surface area contributed by atoms with Gasteiger partial charge >= 0.3 is 0 Å². The number of aryl methyl sites for hydroxylation is 1. The summed E-state index contributed by atoms with van der Waals surface area (Å²) in [5.74, 6) is 1.55. The van der Waals surface area contributed by atoms with Crippen molar-refractivity contribution in [2.45, 2.75) is 19.4 Å². The minimum Gasteiger partial charge on any atom is -0.493 e. The summed E-state index contributed by atoms with van der Waals surface area (Å²) in [5.41, 5.74) is 3.37. The van der Waals surface area contributed by atoms with E-state index in [0.717, 1.165) is 55.4 Å². The number of pyridine rings is 1. The quantitative estimate of drug-likeness (QED) is 0.906. The second kappa shape index (κ2) is 8.32. The van der Waals surface area contributed by atoms with Gasteiger partial charge in [-0.3, -0.25) is 9.88 Å². The molecule has 0 amide bonds. The SMILES string of the molecule is COc1cccc(C(c2ncccc2C)N2CCCNCC2)c1OC. The Kier molecular flexibility index (Phi) is 5.89. The molecule has 0 radical (unpaired) electrons. The van der Waals surface area contributed by atoms with Gasteiger partial charge in [0.25, 0.3) is 0 Å². The van der Waals surface area contributed by atoms with Gasteiger partial charge in [-0.1, -0.05) is 18.2 Å². The van der Waals surface area contributed by atoms with E-state index in [9.17, 15) is 0 Å². The number of para-hydroxylation sites is 1. The average molecular weight is 341 g/mol. The lowest BCUT2D eigenvalue weighted by molar-refractivity contribution is 0.230. The van der Waals surface area contributed by atoms with Gasteiger partial charge in [0.05, 0.1) is 26.0 Å². The lowest BCUT2D eigenvalue weighted by Crippen LogP contribution is -2.34. The van der Waals surface area contributed by atoms with Crippen LogP contribution in [0.1, 0.15) is 29.3 Å². The van der Waals surface area contributed by atoms with Crippen LogP contribution in [0.5, 0.6) is 11.5 Å². The van der Waals surface area contributed by atoms with Crippen molar-refractivity contribution in [3.63, 3.8) is 0 Å². The summed E-state index contributed by atoms with van der Waals surface area (Å²) in [6.45, 7) is 6.15. The van der Waals surface area contributed by atoms with Crippen LogP contribution in [0.3, 0.4) is 0 Å². The molecular formula is C20H27N3O2. The van der Waals surface area contributed by atoms with E-state index in [1.165, 1.54) is 5.56 Å². The van der Waals surface area contributed by atoms with Gasteiger partial charge in [-0.15, -0.1) is 0 Å². The van der Waals surface area contributed by atoms with Gasteiger partial charge in [-0.25, -0.2) is 0 Å². The Morgan fingerprint density at radius 3 is 2.72 bits per heavy atom. The predicted octanol–water partition coefficient (Wildman–Crippen LogP) is 2.79. The van der Waals surface area contributed by atoms with Crippen molar-refractivity contribution in [2.75, 3.05) is 40.4 Å². The van der Waals surface area contributed by atoms with E-state index in [2.05, 4.69) is 29.3 Å². The minimum absolute atomic E-state index is 0.0474. The first-order valence-corrected chi connectivity index (χ1v) is 8.83. The Morgan fingerprint density at radius 1 is 1.08 bits per heavy atom. The highest BCUT2D eigenvalue weighted by Crippen LogP contribution is 2.40. The maximum atomic E-state index is 5.74. The van der Waals surface area contributed by atoms with E-state index in [4.69, 9.17) is 14.5 Å². The summed E-state index contributed by atoms with van der Waals surface area (Å²) in [7, 11) is 3.38. The zero-order chi connectivity index (χ0) is 17.6. The largest absolute Gasteiger partial charge is 0.493 e. The Bertz CT molecular complexity index is 697. The van der Waals surface area contributed by atoms with Crippen molar-refractivity contribution in [3.8, 4) is 11.5 Å². The highest BCUT2D eigenvalue weighted by Gasteiger charge is 2.29. The van der Waals surface area contributed by atoms with Crippen LogP contribution in [-0.4, -0.2) is 50.3 Å². The Balaban J connectivity index is 2.13. The number of hydrogen-bond donors (Lipinski definition) is 1. The van der Waals surface area contributed by atoms with Crippen LogP contribution in [0, 0.1) is 6.92 Å². The second-order valence-corrected chi connectivity index (χ2v) is 6.33. The first-order valence-electron chi connectivity index (χ1n) is 8.83. The number of hydrogen-bond acceptors (Lipinski definition) is 5. The molecule has 1 aliphatic heterocycles. The van der Waals surface area contributed by atoms with Crippen molar-refractivity contribution in [2.24, 2.45) is 0 Å². The zero-order valence-corrected chi connectivity index (χ0v) is 15.3. The normalized spacial score (nSPS) is 16.9. The summed E-state index contributed by atoms with van der Waals surface area (Å²) in [6.07, 6.45) is 2.99. The fourth-order valence-corrected chi connectivity index (χ4v) is 3.55. The average Bonchev–Trinajstić information content (AvgIpc) is 2.92. The maximum Gasteiger partial charge on any atom is 0.165 e. The highest BCUT2D eigenvalue weighted by molar-refractivity contribution is 5.50. The number of rotatable bonds is 5. The van der Waals surface area contributed by atoms with Crippen molar-refractivity contribution in [1.29, 1.82) is 0 Å². The van der Waals surface area contributed by atoms with Gasteiger partial charge in [0, 0.05) is 31.4 Å². The van der Waals surface area contributed by atoms with E-state index in [1.807, 2.05) is 24.4 Å². The van der Waals surface area contributed by atoms with Gasteiger partial charge in [-0.2, -0.15) is 0 Å². The van der Waals surface area contributed by atoms with Crippen LogP contribution in [-0.2, 0) is 0 Å². The molecule has 2 aromatic rings. The minimum atomic E-state index is 0.0474. The molecule has 1 unspecified atom stereocenters. The molecule has 1 aliphatic rings. The molecule has 1 aromatic heterocycles. The van der Waals surface area contributed by atoms with E-state index in [-0.39, 0.29) is 6.04 Å². The Morgan fingerprint density at radius 2 is 1.96 bits per heavy atom. The lowest BCUT2D eigenvalue weighted by atomic mass is 9.96. The summed E-state index contributed by atoms with van der Waals surface area (Å²) < 4.78 is 11.3.